The Morgan fingerprint density at radius 1 is 1.21 bits per heavy atom. The summed E-state index contributed by atoms with van der Waals surface area (Å²) in [5, 5.41) is 0.607. The van der Waals surface area contributed by atoms with Gasteiger partial charge in [-0.15, -0.1) is 0 Å². The van der Waals surface area contributed by atoms with Crippen molar-refractivity contribution in [1.82, 2.24) is 0 Å². The number of halogens is 1. The highest BCUT2D eigenvalue weighted by molar-refractivity contribution is 6.31. The van der Waals surface area contributed by atoms with Gasteiger partial charge in [0.25, 0.3) is 0 Å². The third-order valence-corrected chi connectivity index (χ3v) is 3.94. The number of carbonyl (C=O) groups excluding carboxylic acids is 1. The van der Waals surface area contributed by atoms with Crippen molar-refractivity contribution in [2.45, 2.75) is 13.8 Å². The van der Waals surface area contributed by atoms with Gasteiger partial charge in [-0.1, -0.05) is 29.8 Å². The van der Waals surface area contributed by atoms with E-state index in [1.807, 2.05) is 50.2 Å². The highest BCUT2D eigenvalue weighted by Gasteiger charge is 2.24. The van der Waals surface area contributed by atoms with Crippen molar-refractivity contribution < 1.29 is 14.3 Å². The van der Waals surface area contributed by atoms with Crippen LogP contribution in [0.5, 0.6) is 5.75 Å². The van der Waals surface area contributed by atoms with Crippen molar-refractivity contribution in [2.75, 3.05) is 6.61 Å². The van der Waals surface area contributed by atoms with Gasteiger partial charge < -0.3 is 9.47 Å². The lowest BCUT2D eigenvalue weighted by atomic mass is 10.1. The second-order valence-electron chi connectivity index (χ2n) is 5.30. The Morgan fingerprint density at radius 3 is 2.62 bits per heavy atom. The van der Waals surface area contributed by atoms with Gasteiger partial charge in [0.2, 0.25) is 5.90 Å². The first-order chi connectivity index (χ1) is 11.6. The van der Waals surface area contributed by atoms with Gasteiger partial charge in [0.1, 0.15) is 5.75 Å². The van der Waals surface area contributed by atoms with Crippen LogP contribution < -0.4 is 4.74 Å². The summed E-state index contributed by atoms with van der Waals surface area (Å²) < 4.78 is 10.6. The minimum Gasteiger partial charge on any atom is -0.494 e. The molecule has 122 valence electrons. The predicted molar refractivity (Wildman–Crippen MR) is 94.4 cm³/mol. The number of hydrogen-bond donors (Lipinski definition) is 0. The summed E-state index contributed by atoms with van der Waals surface area (Å²) in [6.45, 7) is 4.45. The summed E-state index contributed by atoms with van der Waals surface area (Å²) in [6.07, 6.45) is 1.68. The van der Waals surface area contributed by atoms with Crippen molar-refractivity contribution in [3.05, 3.63) is 69.9 Å². The largest absolute Gasteiger partial charge is 0.494 e. The summed E-state index contributed by atoms with van der Waals surface area (Å²) in [6, 6.07) is 12.8. The molecule has 0 aromatic heterocycles. The molecule has 0 amide bonds. The Labute approximate surface area is 145 Å². The fraction of sp³-hybridized carbons (Fsp3) is 0.158. The summed E-state index contributed by atoms with van der Waals surface area (Å²) in [4.78, 5) is 16.3. The van der Waals surface area contributed by atoms with Crippen LogP contribution >= 0.6 is 11.6 Å². The summed E-state index contributed by atoms with van der Waals surface area (Å²) >= 11 is 6.11. The highest BCUT2D eigenvalue weighted by atomic mass is 35.5. The molecule has 1 heterocycles. The Morgan fingerprint density at radius 2 is 1.96 bits per heavy atom. The van der Waals surface area contributed by atoms with E-state index in [0.717, 1.165) is 16.9 Å². The predicted octanol–water partition coefficient (Wildman–Crippen LogP) is 4.39. The molecule has 0 saturated heterocycles. The number of ether oxygens (including phenoxy) is 2. The van der Waals surface area contributed by atoms with Gasteiger partial charge in [0.05, 0.1) is 6.61 Å². The fourth-order valence-electron chi connectivity index (χ4n) is 2.24. The minimum absolute atomic E-state index is 0.255. The maximum absolute atomic E-state index is 12.0. The number of cyclic esters (lactones) is 1. The number of rotatable bonds is 4. The van der Waals surface area contributed by atoms with Crippen molar-refractivity contribution in [2.24, 2.45) is 4.99 Å². The first-order valence-electron chi connectivity index (χ1n) is 7.59. The van der Waals surface area contributed by atoms with E-state index in [2.05, 4.69) is 4.99 Å². The first-order valence-corrected chi connectivity index (χ1v) is 7.96. The van der Waals surface area contributed by atoms with Crippen LogP contribution in [0, 0.1) is 6.92 Å². The minimum atomic E-state index is -0.476. The van der Waals surface area contributed by atoms with E-state index in [1.54, 1.807) is 12.1 Å². The number of benzene rings is 2. The Balaban J connectivity index is 1.86. The molecular weight excluding hydrogens is 326 g/mol. The van der Waals surface area contributed by atoms with Gasteiger partial charge in [0.15, 0.2) is 5.70 Å². The van der Waals surface area contributed by atoms with Gasteiger partial charge in [-0.05, 0) is 55.3 Å². The molecule has 0 radical (unpaired) electrons. The number of aryl methyl sites for hydroxylation is 1. The zero-order valence-corrected chi connectivity index (χ0v) is 14.1. The number of carbonyl (C=O) groups is 1. The quantitative estimate of drug-likeness (QED) is 0.612. The maximum Gasteiger partial charge on any atom is 0.363 e. The normalized spacial score (nSPS) is 15.4. The maximum atomic E-state index is 12.0. The summed E-state index contributed by atoms with van der Waals surface area (Å²) in [5.41, 5.74) is 2.73. The van der Waals surface area contributed by atoms with Gasteiger partial charge in [-0.2, -0.15) is 0 Å². The molecule has 0 spiro atoms. The molecule has 1 aliphatic heterocycles. The van der Waals surface area contributed by atoms with Crippen LogP contribution in [0.15, 0.2) is 53.2 Å². The van der Waals surface area contributed by atoms with Crippen LogP contribution in [0.25, 0.3) is 6.08 Å². The molecule has 0 fully saturated rings. The smallest absolute Gasteiger partial charge is 0.363 e. The average Bonchev–Trinajstić information content (AvgIpc) is 2.93. The zero-order chi connectivity index (χ0) is 17.1. The van der Waals surface area contributed by atoms with Gasteiger partial charge >= 0.3 is 5.97 Å². The molecule has 2 aromatic carbocycles. The molecule has 0 aliphatic carbocycles. The molecule has 2 aromatic rings. The third kappa shape index (κ3) is 3.49. The van der Waals surface area contributed by atoms with Crippen LogP contribution in [-0.2, 0) is 9.53 Å². The van der Waals surface area contributed by atoms with E-state index in [0.29, 0.717) is 17.2 Å². The Kier molecular flexibility index (Phi) is 4.67. The topological polar surface area (TPSA) is 47.9 Å². The highest BCUT2D eigenvalue weighted by Crippen LogP contribution is 2.23. The molecule has 0 bridgehead atoms. The van der Waals surface area contributed by atoms with E-state index in [-0.39, 0.29) is 11.6 Å². The molecule has 0 unspecified atom stereocenters. The van der Waals surface area contributed by atoms with Crippen LogP contribution in [-0.4, -0.2) is 18.5 Å². The van der Waals surface area contributed by atoms with Crippen molar-refractivity contribution in [1.29, 1.82) is 0 Å². The first kappa shape index (κ1) is 16.3. The average molecular weight is 342 g/mol. The van der Waals surface area contributed by atoms with Gasteiger partial charge in [-0.3, -0.25) is 0 Å². The summed E-state index contributed by atoms with van der Waals surface area (Å²) in [5.74, 6) is 0.571. The van der Waals surface area contributed by atoms with Crippen LogP contribution in [0.3, 0.4) is 0 Å². The van der Waals surface area contributed by atoms with Crippen molar-refractivity contribution >= 4 is 29.5 Å². The zero-order valence-electron chi connectivity index (χ0n) is 13.4. The van der Waals surface area contributed by atoms with E-state index in [4.69, 9.17) is 21.1 Å². The standard InChI is InChI=1S/C19H16ClNO3/c1-3-23-15-8-5-13(6-9-15)10-17-19(22)24-18(21-17)14-7-4-12(2)16(20)11-14/h4-11H,3H2,1-2H3/b17-10-. The lowest BCUT2D eigenvalue weighted by Crippen LogP contribution is -2.05. The lowest BCUT2D eigenvalue weighted by molar-refractivity contribution is -0.129. The SMILES string of the molecule is CCOc1ccc(/C=C2\N=C(c3ccc(C)c(Cl)c3)OC2=O)cc1. The molecule has 24 heavy (non-hydrogen) atoms. The van der Waals surface area contributed by atoms with Crippen LogP contribution in [0.2, 0.25) is 5.02 Å². The number of esters is 1. The molecule has 5 heteroatoms. The van der Waals surface area contributed by atoms with Crippen LogP contribution in [0.4, 0.5) is 0 Å². The second-order valence-corrected chi connectivity index (χ2v) is 5.71. The molecule has 0 saturated carbocycles. The lowest BCUT2D eigenvalue weighted by Gasteiger charge is -2.02. The second kappa shape index (κ2) is 6.89. The third-order valence-electron chi connectivity index (χ3n) is 3.53. The molecule has 1 aliphatic rings. The molecule has 4 nitrogen and oxygen atoms in total. The van der Waals surface area contributed by atoms with E-state index in [1.165, 1.54) is 0 Å². The Bertz CT molecular complexity index is 838. The number of hydrogen-bond acceptors (Lipinski definition) is 4. The molecule has 0 atom stereocenters. The van der Waals surface area contributed by atoms with Gasteiger partial charge in [-0.25, -0.2) is 9.79 Å². The van der Waals surface area contributed by atoms with Crippen LogP contribution in [0.1, 0.15) is 23.6 Å². The molecular formula is C19H16ClNO3. The van der Waals surface area contributed by atoms with E-state index in [9.17, 15) is 4.79 Å². The van der Waals surface area contributed by atoms with E-state index >= 15 is 0 Å². The van der Waals surface area contributed by atoms with E-state index < -0.39 is 5.97 Å². The molecule has 0 N–H and O–H groups in total. The van der Waals surface area contributed by atoms with Crippen molar-refractivity contribution in [3.8, 4) is 5.75 Å². The number of nitrogens with zero attached hydrogens (tertiary/aromatic N) is 1. The monoisotopic (exact) mass is 341 g/mol. The molecule has 3 rings (SSSR count). The van der Waals surface area contributed by atoms with Crippen molar-refractivity contribution in [3.63, 3.8) is 0 Å². The fourth-order valence-corrected chi connectivity index (χ4v) is 2.42. The van der Waals surface area contributed by atoms with Gasteiger partial charge in [0, 0.05) is 10.6 Å². The number of aliphatic imine (C=N–C) groups is 1. The summed E-state index contributed by atoms with van der Waals surface area (Å²) in [7, 11) is 0. The Hall–Kier alpha value is -2.59.